The Morgan fingerprint density at radius 2 is 1.63 bits per heavy atom. The van der Waals surface area contributed by atoms with E-state index >= 15 is 0 Å². The van der Waals surface area contributed by atoms with Crippen molar-refractivity contribution in [2.75, 3.05) is 75.2 Å². The number of nitrogens with zero attached hydrogens (tertiary/aromatic N) is 5. The van der Waals surface area contributed by atoms with Gasteiger partial charge in [-0.15, -0.1) is 0 Å². The van der Waals surface area contributed by atoms with Gasteiger partial charge in [-0.25, -0.2) is 4.98 Å². The van der Waals surface area contributed by atoms with Crippen molar-refractivity contribution in [1.82, 2.24) is 29.8 Å². The summed E-state index contributed by atoms with van der Waals surface area (Å²) < 4.78 is 12.6. The molecule has 0 aliphatic carbocycles. The van der Waals surface area contributed by atoms with Gasteiger partial charge in [0.15, 0.2) is 0 Å². The van der Waals surface area contributed by atoms with Crippen LogP contribution in [0.1, 0.15) is 16.8 Å². The van der Waals surface area contributed by atoms with Gasteiger partial charge in [-0.05, 0) is 30.7 Å². The van der Waals surface area contributed by atoms with Gasteiger partial charge in [0.1, 0.15) is 0 Å². The van der Waals surface area contributed by atoms with Crippen LogP contribution in [0.5, 0.6) is 0 Å². The van der Waals surface area contributed by atoms with E-state index in [9.17, 15) is 4.79 Å². The number of aliphatic hydroxyl groups is 1. The second-order valence-electron chi connectivity index (χ2n) is 8.01. The van der Waals surface area contributed by atoms with E-state index < -0.39 is 0 Å². The highest BCUT2D eigenvalue weighted by Gasteiger charge is 2.09. The maximum absolute atomic E-state index is 12.4. The summed E-state index contributed by atoms with van der Waals surface area (Å²) in [5.41, 5.74) is 6.57. The first kappa shape index (κ1) is 28.7. The van der Waals surface area contributed by atoms with E-state index in [4.69, 9.17) is 20.3 Å². The van der Waals surface area contributed by atoms with Crippen LogP contribution in [0.25, 0.3) is 0 Å². The monoisotopic (exact) mass is 528 g/mol. The molecular weight excluding hydrogens is 492 g/mol. The van der Waals surface area contributed by atoms with Crippen molar-refractivity contribution in [3.63, 3.8) is 0 Å². The van der Waals surface area contributed by atoms with Crippen LogP contribution in [0.3, 0.4) is 0 Å². The lowest BCUT2D eigenvalue weighted by atomic mass is 10.2. The minimum Gasteiger partial charge on any atom is -0.395 e. The molecule has 3 rings (SSSR count). The number of carbonyl (C=O) groups is 1. The molecule has 1 aromatic carbocycles. The zero-order valence-electron chi connectivity index (χ0n) is 21.3. The average molecular weight is 529 g/mol. The third-order valence-corrected chi connectivity index (χ3v) is 5.04. The summed E-state index contributed by atoms with van der Waals surface area (Å²) >= 11 is 0. The van der Waals surface area contributed by atoms with Gasteiger partial charge in [-0.1, -0.05) is 0 Å². The minimum atomic E-state index is -0.197. The Labute approximate surface area is 221 Å². The van der Waals surface area contributed by atoms with E-state index in [2.05, 4.69) is 41.2 Å². The number of nitrogens with one attached hydrogen (secondary N) is 4. The lowest BCUT2D eigenvalue weighted by Crippen LogP contribution is -2.27. The number of aromatic nitrogens is 5. The van der Waals surface area contributed by atoms with Gasteiger partial charge in [-0.3, -0.25) is 4.79 Å². The van der Waals surface area contributed by atoms with Crippen LogP contribution in [0, 0.1) is 0 Å². The predicted octanol–water partition coefficient (Wildman–Crippen LogP) is 0.440. The number of nitrogens with two attached hydrogens (primary N) is 1. The van der Waals surface area contributed by atoms with Crippen LogP contribution in [0.2, 0.25) is 0 Å². The Bertz CT molecular complexity index is 1070. The number of imidazole rings is 1. The first-order valence-corrected chi connectivity index (χ1v) is 12.5. The van der Waals surface area contributed by atoms with E-state index in [1.807, 2.05) is 10.8 Å². The van der Waals surface area contributed by atoms with Gasteiger partial charge in [-0.2, -0.15) is 15.0 Å². The van der Waals surface area contributed by atoms with Gasteiger partial charge in [0.05, 0.1) is 39.4 Å². The Balaban J connectivity index is 1.48. The molecule has 14 nitrogen and oxygen atoms in total. The number of benzene rings is 1. The molecule has 206 valence electrons. The molecule has 3 aromatic rings. The van der Waals surface area contributed by atoms with E-state index in [0.29, 0.717) is 81.7 Å². The van der Waals surface area contributed by atoms with Crippen molar-refractivity contribution in [3.8, 4) is 0 Å². The molecule has 0 radical (unpaired) electrons. The number of aryl methyl sites for hydroxylation is 1. The van der Waals surface area contributed by atoms with Crippen molar-refractivity contribution in [2.24, 2.45) is 5.73 Å². The summed E-state index contributed by atoms with van der Waals surface area (Å²) in [6.07, 6.45) is 6.28. The van der Waals surface area contributed by atoms with Gasteiger partial charge in [0.25, 0.3) is 5.91 Å². The number of aliphatic hydroxyl groups excluding tert-OH is 1. The Hall–Kier alpha value is -3.85. The van der Waals surface area contributed by atoms with Crippen molar-refractivity contribution in [1.29, 1.82) is 0 Å². The van der Waals surface area contributed by atoms with Gasteiger partial charge >= 0.3 is 0 Å². The molecule has 0 fully saturated rings. The minimum absolute atomic E-state index is 0.0546. The Kier molecular flexibility index (Phi) is 12.7. The largest absolute Gasteiger partial charge is 0.395 e. The summed E-state index contributed by atoms with van der Waals surface area (Å²) in [7, 11) is 0. The lowest BCUT2D eigenvalue weighted by Gasteiger charge is -2.11. The van der Waals surface area contributed by atoms with E-state index in [1.165, 1.54) is 0 Å². The summed E-state index contributed by atoms with van der Waals surface area (Å²) in [4.78, 5) is 29.6. The van der Waals surface area contributed by atoms with Crippen LogP contribution in [-0.2, 0) is 16.0 Å². The molecule has 7 N–H and O–H groups in total. The number of amides is 1. The zero-order chi connectivity index (χ0) is 26.8. The average Bonchev–Trinajstić information content (AvgIpc) is 3.45. The summed E-state index contributed by atoms with van der Waals surface area (Å²) in [6, 6.07) is 6.95. The molecule has 0 aliphatic heterocycles. The highest BCUT2D eigenvalue weighted by molar-refractivity contribution is 5.94. The quantitative estimate of drug-likeness (QED) is 0.118. The second kappa shape index (κ2) is 16.8. The van der Waals surface area contributed by atoms with Gasteiger partial charge in [0, 0.05) is 56.4 Å². The summed E-state index contributed by atoms with van der Waals surface area (Å²) in [5.74, 6) is 0.857. The van der Waals surface area contributed by atoms with Crippen LogP contribution < -0.4 is 27.0 Å². The molecule has 2 aromatic heterocycles. The number of ether oxygens (including phenoxy) is 2. The van der Waals surface area contributed by atoms with Gasteiger partial charge < -0.3 is 46.1 Å². The fraction of sp³-hybridized carbons (Fsp3) is 0.458. The van der Waals surface area contributed by atoms with Crippen LogP contribution in [-0.4, -0.2) is 94.7 Å². The molecule has 0 aliphatic rings. The van der Waals surface area contributed by atoms with Crippen LogP contribution in [0.15, 0.2) is 43.0 Å². The SMILES string of the molecule is NCCOCCOCCNC(=O)c1ccc(Nc2nc(NCCO)nc(NCCCn3ccnc3)n2)cc1. The molecule has 14 heteroatoms. The first-order valence-electron chi connectivity index (χ1n) is 12.5. The highest BCUT2D eigenvalue weighted by atomic mass is 16.5. The predicted molar refractivity (Wildman–Crippen MR) is 143 cm³/mol. The van der Waals surface area contributed by atoms with Crippen molar-refractivity contribution >= 4 is 29.4 Å². The zero-order valence-corrected chi connectivity index (χ0v) is 21.3. The van der Waals surface area contributed by atoms with Crippen LogP contribution in [0.4, 0.5) is 23.5 Å². The molecule has 0 saturated carbocycles. The van der Waals surface area contributed by atoms with E-state index in [0.717, 1.165) is 13.0 Å². The van der Waals surface area contributed by atoms with E-state index in [1.54, 1.807) is 36.8 Å². The molecule has 0 unspecified atom stereocenters. The fourth-order valence-electron chi connectivity index (χ4n) is 3.22. The van der Waals surface area contributed by atoms with E-state index in [-0.39, 0.29) is 12.5 Å². The Morgan fingerprint density at radius 3 is 2.32 bits per heavy atom. The molecule has 0 saturated heterocycles. The van der Waals surface area contributed by atoms with Crippen LogP contribution >= 0.6 is 0 Å². The first-order chi connectivity index (χ1) is 18.7. The van der Waals surface area contributed by atoms with Crippen molar-refractivity contribution in [2.45, 2.75) is 13.0 Å². The van der Waals surface area contributed by atoms with Crippen molar-refractivity contribution in [3.05, 3.63) is 48.5 Å². The summed E-state index contributed by atoms with van der Waals surface area (Å²) in [6.45, 7) is 4.42. The molecule has 38 heavy (non-hydrogen) atoms. The maximum Gasteiger partial charge on any atom is 0.251 e. The number of hydrogen-bond acceptors (Lipinski definition) is 12. The number of rotatable bonds is 19. The van der Waals surface area contributed by atoms with Gasteiger partial charge in [0.2, 0.25) is 17.8 Å². The summed E-state index contributed by atoms with van der Waals surface area (Å²) in [5, 5.41) is 21.2. The molecule has 0 spiro atoms. The number of hydrogen-bond donors (Lipinski definition) is 6. The highest BCUT2D eigenvalue weighted by Crippen LogP contribution is 2.17. The molecule has 1 amide bonds. The third-order valence-electron chi connectivity index (χ3n) is 5.04. The third kappa shape index (κ3) is 10.6. The molecular formula is C24H36N10O4. The maximum atomic E-state index is 12.4. The smallest absolute Gasteiger partial charge is 0.251 e. The normalized spacial score (nSPS) is 10.8. The molecule has 0 atom stereocenters. The molecule has 0 bridgehead atoms. The second-order valence-corrected chi connectivity index (χ2v) is 8.01. The molecule has 2 heterocycles. The fourth-order valence-corrected chi connectivity index (χ4v) is 3.22. The topological polar surface area (TPSA) is 186 Å². The standard InChI is InChI=1S/C24H36N10O4/c25-6-14-37-16-17-38-15-10-27-21(36)19-2-4-20(5-3-19)30-24-32-22(31-23(33-24)29-9-13-35)28-7-1-11-34-12-8-26-18-34/h2-5,8,12,18,35H,1,6-7,9-11,13-17,25H2,(H,27,36)(H3,28,29,30,31,32,33). The number of carbonyl (C=O) groups excluding carboxylic acids is 1. The Morgan fingerprint density at radius 1 is 0.921 bits per heavy atom. The van der Waals surface area contributed by atoms with Crippen molar-refractivity contribution < 1.29 is 19.4 Å². The number of anilines is 4. The lowest BCUT2D eigenvalue weighted by molar-refractivity contribution is 0.0511.